The van der Waals surface area contributed by atoms with Gasteiger partial charge in [-0.25, -0.2) is 0 Å². The van der Waals surface area contributed by atoms with Crippen molar-refractivity contribution in [2.24, 2.45) is 0 Å². The van der Waals surface area contributed by atoms with Crippen molar-refractivity contribution in [3.8, 4) is 0 Å². The van der Waals surface area contributed by atoms with E-state index >= 15 is 0 Å². The van der Waals surface area contributed by atoms with E-state index in [9.17, 15) is 4.79 Å². The molecule has 0 aliphatic carbocycles. The molecule has 0 fully saturated rings. The molecule has 1 aromatic heterocycles. The standard InChI is InChI=1S/C6H8N2O2/c9-5-4-2-1-3-7-6(4)10-8-5/h7H,1-3H2,(H,8,9). The van der Waals surface area contributed by atoms with Gasteiger partial charge in [0.1, 0.15) is 0 Å². The molecule has 0 saturated carbocycles. The molecule has 1 aromatic rings. The van der Waals surface area contributed by atoms with Crippen LogP contribution in [0, 0.1) is 0 Å². The van der Waals surface area contributed by atoms with Gasteiger partial charge in [0, 0.05) is 6.54 Å². The van der Waals surface area contributed by atoms with Crippen LogP contribution in [0.4, 0.5) is 5.88 Å². The number of aromatic nitrogens is 1. The Balaban J connectivity index is 2.55. The summed E-state index contributed by atoms with van der Waals surface area (Å²) in [5.74, 6) is 0.622. The van der Waals surface area contributed by atoms with E-state index in [0.29, 0.717) is 5.88 Å². The Morgan fingerprint density at radius 3 is 3.20 bits per heavy atom. The summed E-state index contributed by atoms with van der Waals surface area (Å²) in [7, 11) is 0. The van der Waals surface area contributed by atoms with Gasteiger partial charge in [0.15, 0.2) is 0 Å². The van der Waals surface area contributed by atoms with Gasteiger partial charge in [0.25, 0.3) is 5.56 Å². The quantitative estimate of drug-likeness (QED) is 0.545. The van der Waals surface area contributed by atoms with Crippen LogP contribution in [-0.4, -0.2) is 11.7 Å². The summed E-state index contributed by atoms with van der Waals surface area (Å²) in [6, 6.07) is 0. The van der Waals surface area contributed by atoms with Crippen molar-refractivity contribution in [1.29, 1.82) is 0 Å². The Morgan fingerprint density at radius 2 is 2.40 bits per heavy atom. The van der Waals surface area contributed by atoms with Crippen molar-refractivity contribution in [1.82, 2.24) is 5.16 Å². The van der Waals surface area contributed by atoms with E-state index in [2.05, 4.69) is 10.5 Å². The van der Waals surface area contributed by atoms with Crippen molar-refractivity contribution in [2.45, 2.75) is 12.8 Å². The number of aromatic amines is 1. The Kier molecular flexibility index (Phi) is 1.06. The predicted molar refractivity (Wildman–Crippen MR) is 36.1 cm³/mol. The van der Waals surface area contributed by atoms with Crippen LogP contribution < -0.4 is 10.9 Å². The van der Waals surface area contributed by atoms with Crippen LogP contribution in [0.2, 0.25) is 0 Å². The van der Waals surface area contributed by atoms with Crippen LogP contribution in [0.3, 0.4) is 0 Å². The Hall–Kier alpha value is -1.19. The molecule has 2 rings (SSSR count). The van der Waals surface area contributed by atoms with Gasteiger partial charge in [-0.05, 0) is 12.8 Å². The summed E-state index contributed by atoms with van der Waals surface area (Å²) in [6.45, 7) is 0.897. The first-order chi connectivity index (χ1) is 4.88. The number of hydrogen-bond acceptors (Lipinski definition) is 3. The first kappa shape index (κ1) is 5.58. The number of fused-ring (bicyclic) bond motifs is 1. The molecule has 0 saturated heterocycles. The molecule has 0 atom stereocenters. The normalized spacial score (nSPS) is 16.0. The second-order valence-electron chi connectivity index (χ2n) is 2.37. The van der Waals surface area contributed by atoms with Crippen molar-refractivity contribution in [3.05, 3.63) is 15.9 Å². The van der Waals surface area contributed by atoms with Gasteiger partial charge in [0.05, 0.1) is 5.56 Å². The van der Waals surface area contributed by atoms with Gasteiger partial charge in [0.2, 0.25) is 5.88 Å². The first-order valence-electron chi connectivity index (χ1n) is 3.32. The molecule has 4 nitrogen and oxygen atoms in total. The molecule has 10 heavy (non-hydrogen) atoms. The van der Waals surface area contributed by atoms with Crippen LogP contribution in [0.5, 0.6) is 0 Å². The second-order valence-corrected chi connectivity index (χ2v) is 2.37. The maximum atomic E-state index is 10.9. The zero-order valence-corrected chi connectivity index (χ0v) is 5.44. The summed E-state index contributed by atoms with van der Waals surface area (Å²) >= 11 is 0. The topological polar surface area (TPSA) is 58.0 Å². The molecule has 0 unspecified atom stereocenters. The molecular formula is C6H8N2O2. The Morgan fingerprint density at radius 1 is 1.50 bits per heavy atom. The molecule has 2 N–H and O–H groups in total. The molecule has 4 heteroatoms. The number of rotatable bonds is 0. The first-order valence-corrected chi connectivity index (χ1v) is 3.32. The minimum Gasteiger partial charge on any atom is -0.361 e. The molecule has 0 amide bonds. The van der Waals surface area contributed by atoms with E-state index in [0.717, 1.165) is 24.9 Å². The third-order valence-electron chi connectivity index (χ3n) is 1.68. The molecule has 54 valence electrons. The summed E-state index contributed by atoms with van der Waals surface area (Å²) in [4.78, 5) is 10.9. The summed E-state index contributed by atoms with van der Waals surface area (Å²) < 4.78 is 4.84. The van der Waals surface area contributed by atoms with E-state index in [1.54, 1.807) is 0 Å². The lowest BCUT2D eigenvalue weighted by molar-refractivity contribution is 0.423. The third kappa shape index (κ3) is 0.650. The molecule has 0 spiro atoms. The van der Waals surface area contributed by atoms with Gasteiger partial charge < -0.3 is 9.84 Å². The zero-order chi connectivity index (χ0) is 6.97. The van der Waals surface area contributed by atoms with Crippen molar-refractivity contribution < 1.29 is 4.52 Å². The van der Waals surface area contributed by atoms with Gasteiger partial charge in [-0.1, -0.05) is 0 Å². The van der Waals surface area contributed by atoms with E-state index < -0.39 is 0 Å². The lowest BCUT2D eigenvalue weighted by Gasteiger charge is -2.08. The maximum absolute atomic E-state index is 10.9. The van der Waals surface area contributed by atoms with Crippen LogP contribution in [-0.2, 0) is 6.42 Å². The highest BCUT2D eigenvalue weighted by Crippen LogP contribution is 2.16. The van der Waals surface area contributed by atoms with E-state index in [1.165, 1.54) is 0 Å². The molecule has 1 aliphatic rings. The average molecular weight is 140 g/mol. The Labute approximate surface area is 57.2 Å². The number of anilines is 1. The smallest absolute Gasteiger partial charge is 0.285 e. The largest absolute Gasteiger partial charge is 0.361 e. The zero-order valence-electron chi connectivity index (χ0n) is 5.44. The lowest BCUT2D eigenvalue weighted by atomic mass is 10.1. The van der Waals surface area contributed by atoms with E-state index in [4.69, 9.17) is 4.52 Å². The summed E-state index contributed by atoms with van der Waals surface area (Å²) in [5.41, 5.74) is 0.661. The molecular weight excluding hydrogens is 132 g/mol. The van der Waals surface area contributed by atoms with E-state index in [-0.39, 0.29) is 5.56 Å². The van der Waals surface area contributed by atoms with Crippen molar-refractivity contribution >= 4 is 5.88 Å². The van der Waals surface area contributed by atoms with Gasteiger partial charge in [-0.15, -0.1) is 0 Å². The van der Waals surface area contributed by atoms with Crippen LogP contribution >= 0.6 is 0 Å². The SMILES string of the molecule is O=c1[nH]oc2c1CCCN2. The third-order valence-corrected chi connectivity index (χ3v) is 1.68. The molecule has 0 radical (unpaired) electrons. The van der Waals surface area contributed by atoms with Gasteiger partial charge in [-0.3, -0.25) is 4.79 Å². The van der Waals surface area contributed by atoms with Crippen molar-refractivity contribution in [3.63, 3.8) is 0 Å². The highest BCUT2D eigenvalue weighted by molar-refractivity contribution is 5.41. The monoisotopic (exact) mass is 140 g/mol. The van der Waals surface area contributed by atoms with E-state index in [1.807, 2.05) is 0 Å². The lowest BCUT2D eigenvalue weighted by Crippen LogP contribution is -2.15. The van der Waals surface area contributed by atoms with Crippen molar-refractivity contribution in [2.75, 3.05) is 11.9 Å². The second kappa shape index (κ2) is 1.90. The molecule has 0 aromatic carbocycles. The fourth-order valence-electron chi connectivity index (χ4n) is 1.16. The van der Waals surface area contributed by atoms with Crippen LogP contribution in [0.15, 0.2) is 9.32 Å². The summed E-state index contributed by atoms with van der Waals surface area (Å²) in [6.07, 6.45) is 1.84. The average Bonchev–Trinajstić information content (AvgIpc) is 2.34. The fourth-order valence-corrected chi connectivity index (χ4v) is 1.16. The van der Waals surface area contributed by atoms with Gasteiger partial charge >= 0.3 is 0 Å². The highest BCUT2D eigenvalue weighted by Gasteiger charge is 2.15. The highest BCUT2D eigenvalue weighted by atomic mass is 16.5. The molecule has 0 bridgehead atoms. The Bertz CT molecular complexity index is 286. The summed E-state index contributed by atoms with van der Waals surface area (Å²) in [5, 5.41) is 5.27. The minimum absolute atomic E-state index is 0.0952. The minimum atomic E-state index is -0.0952. The van der Waals surface area contributed by atoms with Crippen LogP contribution in [0.25, 0.3) is 0 Å². The number of H-pyrrole nitrogens is 1. The maximum Gasteiger partial charge on any atom is 0.285 e. The number of hydrogen-bond donors (Lipinski definition) is 2. The molecule has 1 aliphatic heterocycles. The fraction of sp³-hybridized carbons (Fsp3) is 0.500. The van der Waals surface area contributed by atoms with Crippen LogP contribution in [0.1, 0.15) is 12.0 Å². The molecule has 2 heterocycles. The predicted octanol–water partition coefficient (Wildman–Crippen LogP) is 0.326. The number of nitrogens with one attached hydrogen (secondary N) is 2. The van der Waals surface area contributed by atoms with Gasteiger partial charge in [-0.2, -0.15) is 5.16 Å².